The molecule has 4 nitrogen and oxygen atoms in total. The van der Waals surface area contributed by atoms with Crippen molar-refractivity contribution in [2.24, 2.45) is 0 Å². The molecule has 4 heteroatoms. The molecule has 0 bridgehead atoms. The Morgan fingerprint density at radius 1 is 1.21 bits per heavy atom. The van der Waals surface area contributed by atoms with Gasteiger partial charge in [-0.25, -0.2) is 4.98 Å². The molecule has 0 unspecified atom stereocenters. The van der Waals surface area contributed by atoms with Crippen LogP contribution < -0.4 is 4.74 Å². The Morgan fingerprint density at radius 3 is 2.74 bits per heavy atom. The summed E-state index contributed by atoms with van der Waals surface area (Å²) in [5.74, 6) is 1.99. The van der Waals surface area contributed by atoms with Gasteiger partial charge in [0.05, 0.1) is 13.3 Å². The molecule has 0 aliphatic carbocycles. The van der Waals surface area contributed by atoms with Gasteiger partial charge in [0.2, 0.25) is 0 Å². The highest BCUT2D eigenvalue weighted by atomic mass is 16.5. The van der Waals surface area contributed by atoms with Gasteiger partial charge in [0, 0.05) is 12.6 Å². The van der Waals surface area contributed by atoms with Gasteiger partial charge in [-0.05, 0) is 29.8 Å². The molecule has 19 heavy (non-hydrogen) atoms. The second-order valence-corrected chi connectivity index (χ2v) is 4.35. The summed E-state index contributed by atoms with van der Waals surface area (Å²) in [4.78, 5) is 4.37. The average molecular weight is 254 g/mol. The highest BCUT2D eigenvalue weighted by Crippen LogP contribution is 2.20. The van der Waals surface area contributed by atoms with E-state index in [0.29, 0.717) is 6.42 Å². The van der Waals surface area contributed by atoms with Gasteiger partial charge in [-0.1, -0.05) is 12.1 Å². The van der Waals surface area contributed by atoms with E-state index in [-0.39, 0.29) is 5.75 Å². The quantitative estimate of drug-likeness (QED) is 0.781. The van der Waals surface area contributed by atoms with Gasteiger partial charge in [-0.2, -0.15) is 0 Å². The lowest BCUT2D eigenvalue weighted by Crippen LogP contribution is -1.96. The van der Waals surface area contributed by atoms with Crippen LogP contribution in [0.25, 0.3) is 5.52 Å². The van der Waals surface area contributed by atoms with Crippen LogP contribution in [0.2, 0.25) is 0 Å². The lowest BCUT2D eigenvalue weighted by Gasteiger charge is -2.04. The zero-order valence-corrected chi connectivity index (χ0v) is 10.6. The van der Waals surface area contributed by atoms with E-state index >= 15 is 0 Å². The Hall–Kier alpha value is -2.49. The molecule has 0 radical (unpaired) electrons. The first-order valence-corrected chi connectivity index (χ1v) is 6.05. The van der Waals surface area contributed by atoms with Crippen LogP contribution in [-0.2, 0) is 6.42 Å². The number of ether oxygens (including phenoxy) is 1. The highest BCUT2D eigenvalue weighted by molar-refractivity contribution is 5.58. The molecule has 0 fully saturated rings. The Morgan fingerprint density at radius 2 is 2.00 bits per heavy atom. The number of methoxy groups -OCH3 is 1. The van der Waals surface area contributed by atoms with E-state index in [1.54, 1.807) is 19.4 Å². The van der Waals surface area contributed by atoms with Crippen LogP contribution in [-0.4, -0.2) is 21.6 Å². The molecule has 1 N–H and O–H groups in total. The van der Waals surface area contributed by atoms with E-state index < -0.39 is 0 Å². The van der Waals surface area contributed by atoms with Gasteiger partial charge in [0.25, 0.3) is 0 Å². The Kier molecular flexibility index (Phi) is 2.83. The molecule has 3 rings (SSSR count). The molecule has 0 aliphatic heterocycles. The third-order valence-electron chi connectivity index (χ3n) is 3.15. The first-order chi connectivity index (χ1) is 9.28. The SMILES string of the molecule is COc1ccc(Cc2ncc3c(O)cccn23)cc1. The third-order valence-corrected chi connectivity index (χ3v) is 3.15. The van der Waals surface area contributed by atoms with E-state index in [4.69, 9.17) is 4.74 Å². The zero-order chi connectivity index (χ0) is 13.2. The largest absolute Gasteiger partial charge is 0.506 e. The first kappa shape index (κ1) is 11.6. The molecule has 0 atom stereocenters. The van der Waals surface area contributed by atoms with Crippen molar-refractivity contribution in [3.8, 4) is 11.5 Å². The maximum Gasteiger partial charge on any atom is 0.141 e. The highest BCUT2D eigenvalue weighted by Gasteiger charge is 2.07. The van der Waals surface area contributed by atoms with Crippen LogP contribution in [0.4, 0.5) is 0 Å². The molecular weight excluding hydrogens is 240 g/mol. The van der Waals surface area contributed by atoms with Crippen LogP contribution in [0.15, 0.2) is 48.8 Å². The fraction of sp³-hybridized carbons (Fsp3) is 0.133. The minimum atomic E-state index is 0.246. The van der Waals surface area contributed by atoms with Gasteiger partial charge in [-0.15, -0.1) is 0 Å². The number of benzene rings is 1. The average Bonchev–Trinajstić information content (AvgIpc) is 2.84. The van der Waals surface area contributed by atoms with E-state index in [2.05, 4.69) is 4.98 Å². The number of hydrogen-bond acceptors (Lipinski definition) is 3. The predicted molar refractivity (Wildman–Crippen MR) is 72.7 cm³/mol. The van der Waals surface area contributed by atoms with Gasteiger partial charge in [-0.3, -0.25) is 0 Å². The molecule has 1 aromatic carbocycles. The second kappa shape index (κ2) is 4.65. The van der Waals surface area contributed by atoms with Crippen molar-refractivity contribution >= 4 is 5.52 Å². The summed E-state index contributed by atoms with van der Waals surface area (Å²) in [7, 11) is 1.65. The number of aromatic nitrogens is 2. The molecule has 2 aromatic heterocycles. The summed E-state index contributed by atoms with van der Waals surface area (Å²) in [6, 6.07) is 11.4. The third kappa shape index (κ3) is 2.12. The standard InChI is InChI=1S/C15H14N2O2/c1-19-12-6-4-11(5-7-12)9-15-16-10-13-14(18)3-2-8-17(13)15/h2-8,10,18H,9H2,1H3. The number of nitrogens with zero attached hydrogens (tertiary/aromatic N) is 2. The van der Waals surface area contributed by atoms with E-state index in [1.807, 2.05) is 40.9 Å². The van der Waals surface area contributed by atoms with Crippen LogP contribution in [0.3, 0.4) is 0 Å². The first-order valence-electron chi connectivity index (χ1n) is 6.05. The van der Waals surface area contributed by atoms with E-state index in [0.717, 1.165) is 22.7 Å². The monoisotopic (exact) mass is 254 g/mol. The van der Waals surface area contributed by atoms with Crippen molar-refractivity contribution in [2.75, 3.05) is 7.11 Å². The van der Waals surface area contributed by atoms with Crippen LogP contribution >= 0.6 is 0 Å². The molecule has 96 valence electrons. The van der Waals surface area contributed by atoms with Gasteiger partial charge in [0.1, 0.15) is 22.8 Å². The topological polar surface area (TPSA) is 46.8 Å². The normalized spacial score (nSPS) is 10.8. The van der Waals surface area contributed by atoms with Crippen molar-refractivity contribution in [3.05, 3.63) is 60.2 Å². The predicted octanol–water partition coefficient (Wildman–Crippen LogP) is 2.64. The van der Waals surface area contributed by atoms with Crippen LogP contribution in [0.1, 0.15) is 11.4 Å². The Bertz CT molecular complexity index is 702. The Labute approximate surface area is 110 Å². The number of aromatic hydroxyl groups is 1. The van der Waals surface area contributed by atoms with Crippen LogP contribution in [0.5, 0.6) is 11.5 Å². The number of hydrogen-bond donors (Lipinski definition) is 1. The summed E-state index contributed by atoms with van der Waals surface area (Å²) < 4.78 is 7.04. The van der Waals surface area contributed by atoms with Gasteiger partial charge >= 0.3 is 0 Å². The van der Waals surface area contributed by atoms with Crippen LogP contribution in [0, 0.1) is 0 Å². The maximum atomic E-state index is 9.74. The Balaban J connectivity index is 1.94. The molecule has 0 saturated carbocycles. The molecule has 0 aliphatic rings. The fourth-order valence-electron chi connectivity index (χ4n) is 2.12. The second-order valence-electron chi connectivity index (χ2n) is 4.35. The van der Waals surface area contributed by atoms with Crippen molar-refractivity contribution in [1.29, 1.82) is 0 Å². The minimum absolute atomic E-state index is 0.246. The number of pyridine rings is 1. The molecule has 0 amide bonds. The van der Waals surface area contributed by atoms with Crippen molar-refractivity contribution < 1.29 is 9.84 Å². The lowest BCUT2D eigenvalue weighted by molar-refractivity contribution is 0.414. The van der Waals surface area contributed by atoms with Gasteiger partial charge < -0.3 is 14.2 Å². The number of rotatable bonds is 3. The molecule has 0 spiro atoms. The molecule has 3 aromatic rings. The molecule has 0 saturated heterocycles. The number of fused-ring (bicyclic) bond motifs is 1. The maximum absolute atomic E-state index is 9.74. The molecular formula is C15H14N2O2. The van der Waals surface area contributed by atoms with Crippen molar-refractivity contribution in [1.82, 2.24) is 9.38 Å². The van der Waals surface area contributed by atoms with Crippen molar-refractivity contribution in [2.45, 2.75) is 6.42 Å². The summed E-state index contributed by atoms with van der Waals surface area (Å²) in [5.41, 5.74) is 1.88. The number of imidazole rings is 1. The van der Waals surface area contributed by atoms with E-state index in [9.17, 15) is 5.11 Å². The van der Waals surface area contributed by atoms with E-state index in [1.165, 1.54) is 0 Å². The smallest absolute Gasteiger partial charge is 0.141 e. The summed E-state index contributed by atoms with van der Waals surface area (Å²) in [6.45, 7) is 0. The van der Waals surface area contributed by atoms with Gasteiger partial charge in [0.15, 0.2) is 0 Å². The molecule has 2 heterocycles. The summed E-state index contributed by atoms with van der Waals surface area (Å²) >= 11 is 0. The summed E-state index contributed by atoms with van der Waals surface area (Å²) in [6.07, 6.45) is 4.30. The van der Waals surface area contributed by atoms with Crippen molar-refractivity contribution in [3.63, 3.8) is 0 Å². The lowest BCUT2D eigenvalue weighted by atomic mass is 10.1. The minimum Gasteiger partial charge on any atom is -0.506 e. The summed E-state index contributed by atoms with van der Waals surface area (Å²) in [5, 5.41) is 9.74. The fourth-order valence-corrected chi connectivity index (χ4v) is 2.12. The zero-order valence-electron chi connectivity index (χ0n) is 10.6.